The fraction of sp³-hybridized carbons (Fsp3) is 0.556. The SMILES string of the molecule is COc1ccc2oc(N3CCCC(CC(=O)NC(CO)CO)C3)nc2c1. The molecule has 0 bridgehead atoms. The number of aromatic nitrogens is 1. The molecular weight excluding hydrogens is 338 g/mol. The van der Waals surface area contributed by atoms with Gasteiger partial charge in [-0.1, -0.05) is 0 Å². The first-order valence-corrected chi connectivity index (χ1v) is 8.83. The average Bonchev–Trinajstić information content (AvgIpc) is 3.09. The lowest BCUT2D eigenvalue weighted by Gasteiger charge is -2.31. The number of aliphatic hydroxyl groups excluding tert-OH is 2. The van der Waals surface area contributed by atoms with E-state index in [0.717, 1.165) is 30.7 Å². The molecule has 1 aromatic carbocycles. The van der Waals surface area contributed by atoms with E-state index < -0.39 is 6.04 Å². The molecular formula is C18H25N3O5. The van der Waals surface area contributed by atoms with Crippen LogP contribution in [-0.2, 0) is 4.79 Å². The van der Waals surface area contributed by atoms with Crippen LogP contribution in [0, 0.1) is 5.92 Å². The van der Waals surface area contributed by atoms with Gasteiger partial charge in [-0.2, -0.15) is 4.98 Å². The van der Waals surface area contributed by atoms with Gasteiger partial charge in [0.15, 0.2) is 5.58 Å². The van der Waals surface area contributed by atoms with Gasteiger partial charge >= 0.3 is 0 Å². The van der Waals surface area contributed by atoms with Crippen LogP contribution in [0.5, 0.6) is 5.75 Å². The number of aliphatic hydroxyl groups is 2. The van der Waals surface area contributed by atoms with Gasteiger partial charge in [0.05, 0.1) is 26.4 Å². The van der Waals surface area contributed by atoms with Crippen molar-refractivity contribution in [1.29, 1.82) is 0 Å². The standard InChI is InChI=1S/C18H25N3O5/c1-25-14-4-5-16-15(8-14)20-18(26-16)21-6-2-3-12(9-21)7-17(24)19-13(10-22)11-23/h4-5,8,12-13,22-23H,2-3,6-7,9-11H2,1H3,(H,19,24). The van der Waals surface area contributed by atoms with Crippen molar-refractivity contribution in [2.45, 2.75) is 25.3 Å². The summed E-state index contributed by atoms with van der Waals surface area (Å²) in [7, 11) is 1.61. The van der Waals surface area contributed by atoms with E-state index in [1.165, 1.54) is 0 Å². The van der Waals surface area contributed by atoms with Gasteiger partial charge in [-0.25, -0.2) is 0 Å². The van der Waals surface area contributed by atoms with Gasteiger partial charge in [-0.15, -0.1) is 0 Å². The predicted octanol–water partition coefficient (Wildman–Crippen LogP) is 0.912. The van der Waals surface area contributed by atoms with E-state index in [0.29, 0.717) is 24.6 Å². The third kappa shape index (κ3) is 4.25. The zero-order chi connectivity index (χ0) is 18.5. The minimum Gasteiger partial charge on any atom is -0.497 e. The molecule has 0 radical (unpaired) electrons. The van der Waals surface area contributed by atoms with Crippen molar-refractivity contribution in [2.24, 2.45) is 5.92 Å². The molecule has 0 spiro atoms. The number of oxazole rings is 1. The fourth-order valence-electron chi connectivity index (χ4n) is 3.26. The largest absolute Gasteiger partial charge is 0.497 e. The van der Waals surface area contributed by atoms with Crippen LogP contribution in [0.1, 0.15) is 19.3 Å². The first-order chi connectivity index (χ1) is 12.6. The van der Waals surface area contributed by atoms with Crippen LogP contribution in [0.2, 0.25) is 0 Å². The Morgan fingerprint density at radius 1 is 1.46 bits per heavy atom. The van der Waals surface area contributed by atoms with Crippen LogP contribution in [0.15, 0.2) is 22.6 Å². The molecule has 1 unspecified atom stereocenters. The maximum Gasteiger partial charge on any atom is 0.298 e. The van der Waals surface area contributed by atoms with Gasteiger partial charge in [0.1, 0.15) is 11.3 Å². The topological polar surface area (TPSA) is 108 Å². The molecule has 1 atom stereocenters. The summed E-state index contributed by atoms with van der Waals surface area (Å²) in [5.74, 6) is 0.742. The molecule has 1 saturated heterocycles. The number of rotatable bonds is 7. The van der Waals surface area contributed by atoms with Crippen LogP contribution in [0.3, 0.4) is 0 Å². The van der Waals surface area contributed by atoms with Crippen molar-refractivity contribution in [3.63, 3.8) is 0 Å². The number of nitrogens with zero attached hydrogens (tertiary/aromatic N) is 2. The molecule has 2 heterocycles. The highest BCUT2D eigenvalue weighted by Crippen LogP contribution is 2.29. The van der Waals surface area contributed by atoms with Crippen molar-refractivity contribution < 1.29 is 24.2 Å². The lowest BCUT2D eigenvalue weighted by atomic mass is 9.94. The van der Waals surface area contributed by atoms with Gasteiger partial charge in [-0.05, 0) is 30.9 Å². The molecule has 142 valence electrons. The van der Waals surface area contributed by atoms with E-state index in [1.54, 1.807) is 7.11 Å². The summed E-state index contributed by atoms with van der Waals surface area (Å²) >= 11 is 0. The second kappa shape index (κ2) is 8.37. The Labute approximate surface area is 151 Å². The quantitative estimate of drug-likeness (QED) is 0.671. The van der Waals surface area contributed by atoms with E-state index in [2.05, 4.69) is 15.2 Å². The third-order valence-corrected chi connectivity index (χ3v) is 4.65. The molecule has 0 aliphatic carbocycles. The molecule has 26 heavy (non-hydrogen) atoms. The Kier molecular flexibility index (Phi) is 5.95. The summed E-state index contributed by atoms with van der Waals surface area (Å²) in [5, 5.41) is 20.8. The summed E-state index contributed by atoms with van der Waals surface area (Å²) in [6.07, 6.45) is 2.24. The van der Waals surface area contributed by atoms with Gasteiger partial charge in [0.2, 0.25) is 5.91 Å². The second-order valence-corrected chi connectivity index (χ2v) is 6.62. The molecule has 8 nitrogen and oxygen atoms in total. The number of piperidine rings is 1. The van der Waals surface area contributed by atoms with Crippen molar-refractivity contribution >= 4 is 23.0 Å². The van der Waals surface area contributed by atoms with Crippen molar-refractivity contribution in [2.75, 3.05) is 38.3 Å². The Bertz CT molecular complexity index is 744. The van der Waals surface area contributed by atoms with Crippen LogP contribution in [-0.4, -0.2) is 60.6 Å². The molecule has 2 aromatic rings. The number of carbonyl (C=O) groups excluding carboxylic acids is 1. The summed E-state index contributed by atoms with van der Waals surface area (Å²) in [5.41, 5.74) is 1.45. The van der Waals surface area contributed by atoms with Gasteiger partial charge < -0.3 is 29.6 Å². The van der Waals surface area contributed by atoms with E-state index in [-0.39, 0.29) is 25.0 Å². The van der Waals surface area contributed by atoms with Gasteiger partial charge in [-0.3, -0.25) is 4.79 Å². The van der Waals surface area contributed by atoms with Gasteiger partial charge in [0.25, 0.3) is 6.01 Å². The minimum absolute atomic E-state index is 0.160. The molecule has 1 aliphatic heterocycles. The molecule has 8 heteroatoms. The van der Waals surface area contributed by atoms with E-state index >= 15 is 0 Å². The fourth-order valence-corrected chi connectivity index (χ4v) is 3.26. The van der Waals surface area contributed by atoms with Crippen molar-refractivity contribution in [1.82, 2.24) is 10.3 Å². The number of fused-ring (bicyclic) bond motifs is 1. The first kappa shape index (κ1) is 18.5. The smallest absolute Gasteiger partial charge is 0.298 e. The molecule has 1 aliphatic rings. The van der Waals surface area contributed by atoms with E-state index in [4.69, 9.17) is 19.4 Å². The Morgan fingerprint density at radius 3 is 3.00 bits per heavy atom. The number of nitrogens with one attached hydrogen (secondary N) is 1. The molecule has 0 saturated carbocycles. The highest BCUT2D eigenvalue weighted by molar-refractivity contribution is 5.77. The number of carbonyl (C=O) groups is 1. The normalized spacial score (nSPS) is 17.7. The van der Waals surface area contributed by atoms with Gasteiger partial charge in [0, 0.05) is 25.6 Å². The van der Waals surface area contributed by atoms with E-state index in [1.807, 2.05) is 18.2 Å². The number of hydrogen-bond acceptors (Lipinski definition) is 7. The first-order valence-electron chi connectivity index (χ1n) is 8.83. The van der Waals surface area contributed by atoms with Crippen molar-refractivity contribution in [3.05, 3.63) is 18.2 Å². The molecule has 3 rings (SSSR count). The predicted molar refractivity (Wildman–Crippen MR) is 96.2 cm³/mol. The lowest BCUT2D eigenvalue weighted by Crippen LogP contribution is -2.43. The molecule has 1 aromatic heterocycles. The maximum absolute atomic E-state index is 12.1. The highest BCUT2D eigenvalue weighted by Gasteiger charge is 2.26. The Hall–Kier alpha value is -2.32. The van der Waals surface area contributed by atoms with Crippen molar-refractivity contribution in [3.8, 4) is 5.75 Å². The van der Waals surface area contributed by atoms with Crippen LogP contribution >= 0.6 is 0 Å². The third-order valence-electron chi connectivity index (χ3n) is 4.65. The average molecular weight is 363 g/mol. The summed E-state index contributed by atoms with van der Waals surface area (Å²) in [6.45, 7) is 0.967. The number of amides is 1. The Morgan fingerprint density at radius 2 is 2.27 bits per heavy atom. The number of hydrogen-bond donors (Lipinski definition) is 3. The highest BCUT2D eigenvalue weighted by atomic mass is 16.5. The Balaban J connectivity index is 1.64. The monoisotopic (exact) mass is 363 g/mol. The minimum atomic E-state index is -0.603. The number of anilines is 1. The lowest BCUT2D eigenvalue weighted by molar-refractivity contribution is -0.123. The maximum atomic E-state index is 12.1. The second-order valence-electron chi connectivity index (χ2n) is 6.62. The summed E-state index contributed by atoms with van der Waals surface area (Å²) < 4.78 is 11.1. The molecule has 1 amide bonds. The molecule has 3 N–H and O–H groups in total. The molecule has 1 fully saturated rings. The van der Waals surface area contributed by atoms with E-state index in [9.17, 15) is 4.79 Å². The number of methoxy groups -OCH3 is 1. The summed E-state index contributed by atoms with van der Waals surface area (Å²) in [6, 6.07) is 5.46. The van der Waals surface area contributed by atoms with Crippen LogP contribution < -0.4 is 15.0 Å². The number of ether oxygens (including phenoxy) is 1. The van der Waals surface area contributed by atoms with Crippen LogP contribution in [0.25, 0.3) is 11.1 Å². The zero-order valence-electron chi connectivity index (χ0n) is 14.9. The zero-order valence-corrected chi connectivity index (χ0v) is 14.9. The number of benzene rings is 1. The van der Waals surface area contributed by atoms with Crippen LogP contribution in [0.4, 0.5) is 6.01 Å². The summed E-state index contributed by atoms with van der Waals surface area (Å²) in [4.78, 5) is 18.7.